The highest BCUT2D eigenvalue weighted by Gasteiger charge is 2.16. The van der Waals surface area contributed by atoms with Crippen LogP contribution in [0.25, 0.3) is 0 Å². The first-order valence-corrected chi connectivity index (χ1v) is 6.61. The van der Waals surface area contributed by atoms with Crippen molar-refractivity contribution in [1.29, 1.82) is 0 Å². The number of carbonyl (C=O) groups excluding carboxylic acids is 1. The van der Waals surface area contributed by atoms with Crippen molar-refractivity contribution >= 4 is 17.7 Å². The van der Waals surface area contributed by atoms with Crippen LogP contribution in [-0.2, 0) is 0 Å². The van der Waals surface area contributed by atoms with Crippen molar-refractivity contribution in [3.05, 3.63) is 17.1 Å². The van der Waals surface area contributed by atoms with E-state index in [0.717, 1.165) is 0 Å². The molecule has 17 heavy (non-hydrogen) atoms. The van der Waals surface area contributed by atoms with Gasteiger partial charge in [0.1, 0.15) is 10.9 Å². The Bertz CT molecular complexity index is 410. The number of aryl methyl sites for hydroxylation is 2. The normalized spacial score (nSPS) is 10.4. The van der Waals surface area contributed by atoms with Crippen LogP contribution >= 0.6 is 11.8 Å². The number of nitrogens with one attached hydrogen (secondary N) is 1. The van der Waals surface area contributed by atoms with E-state index in [1.807, 2.05) is 6.26 Å². The Morgan fingerprint density at radius 2 is 2.12 bits per heavy atom. The number of aliphatic hydroxyl groups is 1. The number of hydrogen-bond donors (Lipinski definition) is 2. The lowest BCUT2D eigenvalue weighted by atomic mass is 10.2. The van der Waals surface area contributed by atoms with E-state index in [4.69, 9.17) is 5.11 Å². The molecule has 1 aromatic rings. The minimum atomic E-state index is -0.180. The fourth-order valence-electron chi connectivity index (χ4n) is 1.46. The number of aromatic nitrogens is 2. The Hall–Kier alpha value is -1.14. The SMILES string of the molecule is CSc1nc(C)nc(C)c1C(=O)NCCCO. The van der Waals surface area contributed by atoms with Crippen molar-refractivity contribution in [3.8, 4) is 0 Å². The van der Waals surface area contributed by atoms with Gasteiger partial charge in [-0.1, -0.05) is 0 Å². The fraction of sp³-hybridized carbons (Fsp3) is 0.545. The van der Waals surface area contributed by atoms with Crippen LogP contribution in [0.2, 0.25) is 0 Å². The second kappa shape index (κ2) is 6.56. The number of aliphatic hydroxyl groups excluding tert-OH is 1. The molecule has 0 saturated heterocycles. The topological polar surface area (TPSA) is 75.1 Å². The van der Waals surface area contributed by atoms with Gasteiger partial charge in [-0.25, -0.2) is 9.97 Å². The van der Waals surface area contributed by atoms with E-state index in [0.29, 0.717) is 35.1 Å². The van der Waals surface area contributed by atoms with E-state index >= 15 is 0 Å². The van der Waals surface area contributed by atoms with Gasteiger partial charge in [-0.3, -0.25) is 4.79 Å². The third kappa shape index (κ3) is 3.67. The van der Waals surface area contributed by atoms with Crippen molar-refractivity contribution in [3.63, 3.8) is 0 Å². The molecule has 0 aromatic carbocycles. The van der Waals surface area contributed by atoms with Crippen molar-refractivity contribution in [1.82, 2.24) is 15.3 Å². The summed E-state index contributed by atoms with van der Waals surface area (Å²) in [6, 6.07) is 0. The highest BCUT2D eigenvalue weighted by molar-refractivity contribution is 7.98. The Kier molecular flexibility index (Phi) is 5.37. The van der Waals surface area contributed by atoms with Crippen LogP contribution < -0.4 is 5.32 Å². The zero-order valence-electron chi connectivity index (χ0n) is 10.3. The van der Waals surface area contributed by atoms with Crippen LogP contribution in [0.4, 0.5) is 0 Å². The molecule has 0 radical (unpaired) electrons. The number of nitrogens with zero attached hydrogens (tertiary/aromatic N) is 2. The lowest BCUT2D eigenvalue weighted by Crippen LogP contribution is -2.27. The molecule has 0 aliphatic carbocycles. The van der Waals surface area contributed by atoms with Gasteiger partial charge in [-0.2, -0.15) is 0 Å². The maximum absolute atomic E-state index is 11.9. The molecule has 0 unspecified atom stereocenters. The maximum atomic E-state index is 11.9. The molecule has 2 N–H and O–H groups in total. The molecule has 0 spiro atoms. The van der Waals surface area contributed by atoms with E-state index in [1.54, 1.807) is 13.8 Å². The summed E-state index contributed by atoms with van der Waals surface area (Å²) < 4.78 is 0. The first kappa shape index (κ1) is 13.9. The molecule has 0 atom stereocenters. The van der Waals surface area contributed by atoms with Gasteiger partial charge in [0.25, 0.3) is 5.91 Å². The zero-order valence-corrected chi connectivity index (χ0v) is 11.1. The maximum Gasteiger partial charge on any atom is 0.255 e. The second-order valence-corrected chi connectivity index (χ2v) is 4.37. The third-order valence-electron chi connectivity index (χ3n) is 2.21. The van der Waals surface area contributed by atoms with Crippen LogP contribution in [0, 0.1) is 13.8 Å². The Balaban J connectivity index is 2.92. The van der Waals surface area contributed by atoms with Gasteiger partial charge in [-0.05, 0) is 26.5 Å². The van der Waals surface area contributed by atoms with Gasteiger partial charge in [-0.15, -0.1) is 11.8 Å². The number of hydrogen-bond acceptors (Lipinski definition) is 5. The monoisotopic (exact) mass is 255 g/mol. The van der Waals surface area contributed by atoms with Gasteiger partial charge in [0.15, 0.2) is 0 Å². The summed E-state index contributed by atoms with van der Waals surface area (Å²) in [6.45, 7) is 4.13. The second-order valence-electron chi connectivity index (χ2n) is 3.57. The summed E-state index contributed by atoms with van der Waals surface area (Å²) >= 11 is 1.43. The summed E-state index contributed by atoms with van der Waals surface area (Å²) in [5.74, 6) is 0.485. The van der Waals surface area contributed by atoms with E-state index < -0.39 is 0 Å². The van der Waals surface area contributed by atoms with Gasteiger partial charge in [0.05, 0.1) is 11.3 Å². The van der Waals surface area contributed by atoms with Crippen LogP contribution in [0.15, 0.2) is 5.03 Å². The molecule has 1 aromatic heterocycles. The molecule has 6 heteroatoms. The minimum absolute atomic E-state index is 0.0685. The summed E-state index contributed by atoms with van der Waals surface area (Å²) in [6.07, 6.45) is 2.43. The summed E-state index contributed by atoms with van der Waals surface area (Å²) in [5, 5.41) is 12.1. The van der Waals surface area contributed by atoms with Crippen LogP contribution in [0.5, 0.6) is 0 Å². The van der Waals surface area contributed by atoms with Crippen LogP contribution in [0.1, 0.15) is 28.3 Å². The minimum Gasteiger partial charge on any atom is -0.396 e. The molecule has 1 rings (SSSR count). The Morgan fingerprint density at radius 3 is 2.71 bits per heavy atom. The van der Waals surface area contributed by atoms with Crippen LogP contribution in [0.3, 0.4) is 0 Å². The highest BCUT2D eigenvalue weighted by atomic mass is 32.2. The fourth-order valence-corrected chi connectivity index (χ4v) is 2.13. The van der Waals surface area contributed by atoms with Gasteiger partial charge in [0, 0.05) is 13.2 Å². The molecule has 0 saturated carbocycles. The van der Waals surface area contributed by atoms with Crippen LogP contribution in [-0.4, -0.2) is 40.4 Å². The molecule has 1 heterocycles. The van der Waals surface area contributed by atoms with E-state index in [1.165, 1.54) is 11.8 Å². The Morgan fingerprint density at radius 1 is 1.41 bits per heavy atom. The summed E-state index contributed by atoms with van der Waals surface area (Å²) in [4.78, 5) is 20.4. The number of amides is 1. The van der Waals surface area contributed by atoms with E-state index in [9.17, 15) is 4.79 Å². The van der Waals surface area contributed by atoms with E-state index in [-0.39, 0.29) is 12.5 Å². The zero-order chi connectivity index (χ0) is 12.8. The van der Waals surface area contributed by atoms with Crippen molar-refractivity contribution in [2.45, 2.75) is 25.3 Å². The molecule has 0 fully saturated rings. The van der Waals surface area contributed by atoms with Crippen molar-refractivity contribution in [2.75, 3.05) is 19.4 Å². The highest BCUT2D eigenvalue weighted by Crippen LogP contribution is 2.20. The molecule has 0 bridgehead atoms. The summed E-state index contributed by atoms with van der Waals surface area (Å²) in [7, 11) is 0. The third-order valence-corrected chi connectivity index (χ3v) is 2.89. The average Bonchev–Trinajstić information content (AvgIpc) is 2.27. The molecule has 5 nitrogen and oxygen atoms in total. The summed E-state index contributed by atoms with van der Waals surface area (Å²) in [5.41, 5.74) is 1.21. The smallest absolute Gasteiger partial charge is 0.255 e. The van der Waals surface area contributed by atoms with Gasteiger partial charge >= 0.3 is 0 Å². The average molecular weight is 255 g/mol. The number of thioether (sulfide) groups is 1. The number of rotatable bonds is 5. The molecule has 94 valence electrons. The van der Waals surface area contributed by atoms with Gasteiger partial charge < -0.3 is 10.4 Å². The Labute approximate surface area is 105 Å². The predicted molar refractivity (Wildman–Crippen MR) is 67.3 cm³/mol. The lowest BCUT2D eigenvalue weighted by molar-refractivity contribution is 0.0946. The number of carbonyl (C=O) groups is 1. The quantitative estimate of drug-likeness (QED) is 0.465. The van der Waals surface area contributed by atoms with Crippen molar-refractivity contribution < 1.29 is 9.90 Å². The molecular formula is C11H17N3O2S. The van der Waals surface area contributed by atoms with E-state index in [2.05, 4.69) is 15.3 Å². The largest absolute Gasteiger partial charge is 0.396 e. The lowest BCUT2D eigenvalue weighted by Gasteiger charge is -2.10. The van der Waals surface area contributed by atoms with Gasteiger partial charge in [0.2, 0.25) is 0 Å². The van der Waals surface area contributed by atoms with Crippen molar-refractivity contribution in [2.24, 2.45) is 0 Å². The molecule has 0 aliphatic rings. The standard InChI is InChI=1S/C11H17N3O2S/c1-7-9(10(16)12-5-4-6-15)11(17-3)14-8(2)13-7/h15H,4-6H2,1-3H3,(H,12,16). The predicted octanol–water partition coefficient (Wildman–Crippen LogP) is 0.928. The first-order chi connectivity index (χ1) is 8.10. The first-order valence-electron chi connectivity index (χ1n) is 5.38. The molecule has 0 aliphatic heterocycles. The molecule has 1 amide bonds. The molecular weight excluding hydrogens is 238 g/mol.